The number of hydrogen-bond acceptors (Lipinski definition) is 4. The largest absolute Gasteiger partial charge is 0.399 e. The van der Waals surface area contributed by atoms with E-state index in [0.29, 0.717) is 18.3 Å². The van der Waals surface area contributed by atoms with E-state index in [9.17, 15) is 4.79 Å². The number of nitrogens with one attached hydrogen (secondary N) is 1. The third kappa shape index (κ3) is 4.44. The van der Waals surface area contributed by atoms with E-state index in [4.69, 9.17) is 5.73 Å². The van der Waals surface area contributed by atoms with Gasteiger partial charge >= 0.3 is 0 Å². The third-order valence-corrected chi connectivity index (χ3v) is 4.07. The monoisotopic (exact) mass is 290 g/mol. The van der Waals surface area contributed by atoms with Gasteiger partial charge in [-0.05, 0) is 51.6 Å². The van der Waals surface area contributed by atoms with E-state index < -0.39 is 0 Å². The van der Waals surface area contributed by atoms with E-state index in [1.165, 1.54) is 0 Å². The van der Waals surface area contributed by atoms with Crippen molar-refractivity contribution >= 4 is 17.3 Å². The minimum Gasteiger partial charge on any atom is -0.399 e. The van der Waals surface area contributed by atoms with Crippen molar-refractivity contribution < 1.29 is 4.79 Å². The Morgan fingerprint density at radius 3 is 2.95 bits per heavy atom. The number of carbonyl (C=O) groups is 1. The van der Waals surface area contributed by atoms with E-state index in [0.717, 1.165) is 37.3 Å². The summed E-state index contributed by atoms with van der Waals surface area (Å²) in [6.07, 6.45) is 1.10. The molecule has 116 valence electrons. The van der Waals surface area contributed by atoms with Gasteiger partial charge in [0, 0.05) is 30.5 Å². The number of aryl methyl sites for hydroxylation is 1. The molecule has 21 heavy (non-hydrogen) atoms. The Morgan fingerprint density at radius 2 is 2.19 bits per heavy atom. The summed E-state index contributed by atoms with van der Waals surface area (Å²) in [5.74, 6) is 0.0279. The quantitative estimate of drug-likeness (QED) is 0.829. The maximum atomic E-state index is 12.3. The summed E-state index contributed by atoms with van der Waals surface area (Å²) in [5.41, 5.74) is 8.28. The SMILES string of the molecule is Cc1ccc(N)cc1NC(=O)CN1CCCN(C)CC1C. The van der Waals surface area contributed by atoms with Crippen LogP contribution in [0.1, 0.15) is 18.9 Å². The van der Waals surface area contributed by atoms with Crippen molar-refractivity contribution in [2.24, 2.45) is 0 Å². The van der Waals surface area contributed by atoms with Crippen LogP contribution < -0.4 is 11.1 Å². The number of amides is 1. The van der Waals surface area contributed by atoms with Crippen molar-refractivity contribution in [3.8, 4) is 0 Å². The van der Waals surface area contributed by atoms with Crippen molar-refractivity contribution in [3.05, 3.63) is 23.8 Å². The second-order valence-electron chi connectivity index (χ2n) is 6.06. The number of hydrogen-bond donors (Lipinski definition) is 2. The van der Waals surface area contributed by atoms with Crippen molar-refractivity contribution in [2.45, 2.75) is 26.3 Å². The van der Waals surface area contributed by atoms with Gasteiger partial charge in [0.25, 0.3) is 0 Å². The first-order valence-electron chi connectivity index (χ1n) is 7.54. The number of carbonyl (C=O) groups excluding carboxylic acids is 1. The molecule has 1 atom stereocenters. The maximum Gasteiger partial charge on any atom is 0.238 e. The fourth-order valence-electron chi connectivity index (χ4n) is 2.81. The van der Waals surface area contributed by atoms with Crippen LogP contribution in [-0.2, 0) is 4.79 Å². The Kier molecular flexibility index (Phi) is 5.20. The predicted molar refractivity (Wildman–Crippen MR) is 87.4 cm³/mol. The smallest absolute Gasteiger partial charge is 0.238 e. The highest BCUT2D eigenvalue weighted by molar-refractivity contribution is 5.93. The normalized spacial score (nSPS) is 21.0. The summed E-state index contributed by atoms with van der Waals surface area (Å²) >= 11 is 0. The Balaban J connectivity index is 1.96. The van der Waals surface area contributed by atoms with Crippen LogP contribution in [0.25, 0.3) is 0 Å². The average molecular weight is 290 g/mol. The van der Waals surface area contributed by atoms with Crippen molar-refractivity contribution in [1.82, 2.24) is 9.80 Å². The van der Waals surface area contributed by atoms with E-state index in [-0.39, 0.29) is 5.91 Å². The molecule has 0 aromatic heterocycles. The van der Waals surface area contributed by atoms with Gasteiger partial charge in [0.2, 0.25) is 5.91 Å². The van der Waals surface area contributed by atoms with Gasteiger partial charge in [-0.25, -0.2) is 0 Å². The standard InChI is InChI=1S/C16H26N4O/c1-12-5-6-14(17)9-15(12)18-16(21)11-20-8-4-7-19(3)10-13(20)2/h5-6,9,13H,4,7-8,10-11,17H2,1-3H3,(H,18,21). The zero-order valence-electron chi connectivity index (χ0n) is 13.2. The second kappa shape index (κ2) is 6.91. The molecule has 1 aliphatic rings. The van der Waals surface area contributed by atoms with Crippen molar-refractivity contribution in [2.75, 3.05) is 44.3 Å². The molecule has 2 rings (SSSR count). The summed E-state index contributed by atoms with van der Waals surface area (Å²) in [4.78, 5) is 16.9. The van der Waals surface area contributed by atoms with Crippen LogP contribution in [0.15, 0.2) is 18.2 Å². The lowest BCUT2D eigenvalue weighted by atomic mass is 10.2. The van der Waals surface area contributed by atoms with E-state index >= 15 is 0 Å². The van der Waals surface area contributed by atoms with Crippen LogP contribution in [0.5, 0.6) is 0 Å². The van der Waals surface area contributed by atoms with Gasteiger partial charge in [0.05, 0.1) is 6.54 Å². The number of nitrogens with zero attached hydrogens (tertiary/aromatic N) is 2. The molecular weight excluding hydrogens is 264 g/mol. The highest BCUT2D eigenvalue weighted by Gasteiger charge is 2.21. The molecule has 1 unspecified atom stereocenters. The van der Waals surface area contributed by atoms with Gasteiger partial charge in [-0.15, -0.1) is 0 Å². The first kappa shape index (κ1) is 15.8. The molecule has 1 aromatic rings. The molecule has 3 N–H and O–H groups in total. The Morgan fingerprint density at radius 1 is 1.43 bits per heavy atom. The highest BCUT2D eigenvalue weighted by atomic mass is 16.2. The molecule has 0 bridgehead atoms. The molecule has 0 radical (unpaired) electrons. The van der Waals surface area contributed by atoms with Crippen molar-refractivity contribution in [3.63, 3.8) is 0 Å². The van der Waals surface area contributed by atoms with Crippen LogP contribution >= 0.6 is 0 Å². The van der Waals surface area contributed by atoms with E-state index in [1.807, 2.05) is 25.1 Å². The highest BCUT2D eigenvalue weighted by Crippen LogP contribution is 2.18. The molecule has 5 nitrogen and oxygen atoms in total. The Bertz CT molecular complexity index is 503. The summed E-state index contributed by atoms with van der Waals surface area (Å²) < 4.78 is 0. The summed E-state index contributed by atoms with van der Waals surface area (Å²) in [5, 5.41) is 2.98. The Hall–Kier alpha value is -1.59. The molecule has 1 amide bonds. The maximum absolute atomic E-state index is 12.3. The first-order chi connectivity index (χ1) is 9.95. The Labute approximate surface area is 127 Å². The van der Waals surface area contributed by atoms with Crippen LogP contribution in [0.4, 0.5) is 11.4 Å². The van der Waals surface area contributed by atoms with Gasteiger partial charge in [0.15, 0.2) is 0 Å². The number of benzene rings is 1. The van der Waals surface area contributed by atoms with Gasteiger partial charge in [0.1, 0.15) is 0 Å². The molecule has 1 heterocycles. The van der Waals surface area contributed by atoms with Crippen LogP contribution in [0, 0.1) is 6.92 Å². The number of anilines is 2. The molecule has 1 saturated heterocycles. The lowest BCUT2D eigenvalue weighted by Crippen LogP contribution is -2.42. The number of nitrogen functional groups attached to an aromatic ring is 1. The van der Waals surface area contributed by atoms with E-state index in [1.54, 1.807) is 0 Å². The van der Waals surface area contributed by atoms with Crippen LogP contribution in [0.2, 0.25) is 0 Å². The number of likely N-dealkylation sites (N-methyl/N-ethyl adjacent to an activating group) is 1. The molecule has 1 aromatic carbocycles. The van der Waals surface area contributed by atoms with Crippen LogP contribution in [0.3, 0.4) is 0 Å². The summed E-state index contributed by atoms with van der Waals surface area (Å²) in [7, 11) is 2.14. The fraction of sp³-hybridized carbons (Fsp3) is 0.562. The zero-order valence-corrected chi connectivity index (χ0v) is 13.2. The predicted octanol–water partition coefficient (Wildman–Crippen LogP) is 1.54. The number of rotatable bonds is 3. The molecule has 1 fully saturated rings. The molecule has 5 heteroatoms. The van der Waals surface area contributed by atoms with Gasteiger partial charge in [-0.1, -0.05) is 6.07 Å². The van der Waals surface area contributed by atoms with Gasteiger partial charge in [-0.3, -0.25) is 9.69 Å². The fourth-order valence-corrected chi connectivity index (χ4v) is 2.81. The lowest BCUT2D eigenvalue weighted by Gasteiger charge is -2.27. The molecule has 0 saturated carbocycles. The van der Waals surface area contributed by atoms with E-state index in [2.05, 4.69) is 29.1 Å². The average Bonchev–Trinajstić information content (AvgIpc) is 2.56. The number of nitrogens with two attached hydrogens (primary N) is 1. The second-order valence-corrected chi connectivity index (χ2v) is 6.06. The molecule has 0 spiro atoms. The summed E-state index contributed by atoms with van der Waals surface area (Å²) in [6, 6.07) is 5.98. The lowest BCUT2D eigenvalue weighted by molar-refractivity contribution is -0.117. The van der Waals surface area contributed by atoms with Gasteiger partial charge in [-0.2, -0.15) is 0 Å². The van der Waals surface area contributed by atoms with Gasteiger partial charge < -0.3 is 16.0 Å². The zero-order chi connectivity index (χ0) is 15.4. The minimum atomic E-state index is 0.0279. The summed E-state index contributed by atoms with van der Waals surface area (Å²) in [6.45, 7) is 7.65. The van der Waals surface area contributed by atoms with Crippen molar-refractivity contribution in [1.29, 1.82) is 0 Å². The van der Waals surface area contributed by atoms with Crippen LogP contribution in [-0.4, -0.2) is 55.0 Å². The third-order valence-electron chi connectivity index (χ3n) is 4.07. The topological polar surface area (TPSA) is 61.6 Å². The molecule has 0 aliphatic carbocycles. The first-order valence-corrected chi connectivity index (χ1v) is 7.54. The molecular formula is C16H26N4O. The minimum absolute atomic E-state index is 0.0279. The molecule has 1 aliphatic heterocycles.